The maximum atomic E-state index is 4.51. The van der Waals surface area contributed by atoms with Gasteiger partial charge in [-0.3, -0.25) is 0 Å². The number of aromatic nitrogens is 3. The normalized spacial score (nSPS) is 11.6. The van der Waals surface area contributed by atoms with Crippen LogP contribution in [-0.4, -0.2) is 21.7 Å². The summed E-state index contributed by atoms with van der Waals surface area (Å²) in [6.07, 6.45) is 2.93. The second-order valence-electron chi connectivity index (χ2n) is 5.11. The van der Waals surface area contributed by atoms with Crippen LogP contribution >= 0.6 is 0 Å². The number of rotatable bonds is 6. The van der Waals surface area contributed by atoms with Crippen LogP contribution in [0.4, 0.5) is 5.95 Å². The molecule has 1 aromatic rings. The van der Waals surface area contributed by atoms with Gasteiger partial charge in [-0.15, -0.1) is 5.10 Å². The Morgan fingerprint density at radius 1 is 1.00 bits per heavy atom. The van der Waals surface area contributed by atoms with Crippen LogP contribution in [0.2, 0.25) is 0 Å². The molecule has 1 aromatic heterocycles. The minimum absolute atomic E-state index is 0.263. The molecule has 96 valence electrons. The predicted molar refractivity (Wildman–Crippen MR) is 71.1 cm³/mol. The molecule has 0 spiro atoms. The maximum absolute atomic E-state index is 4.51. The monoisotopic (exact) mass is 236 g/mol. The minimum Gasteiger partial charge on any atom is -0.352 e. The summed E-state index contributed by atoms with van der Waals surface area (Å²) in [5, 5.41) is 11.6. The molecule has 0 aliphatic heterocycles. The van der Waals surface area contributed by atoms with Crippen molar-refractivity contribution in [3.63, 3.8) is 0 Å². The van der Waals surface area contributed by atoms with E-state index in [9.17, 15) is 0 Å². The van der Waals surface area contributed by atoms with E-state index in [1.165, 1.54) is 0 Å². The van der Waals surface area contributed by atoms with Crippen LogP contribution in [0.3, 0.4) is 0 Å². The number of aryl methyl sites for hydroxylation is 2. The second kappa shape index (κ2) is 5.94. The van der Waals surface area contributed by atoms with E-state index < -0.39 is 0 Å². The second-order valence-corrected chi connectivity index (χ2v) is 5.11. The number of hydrogen-bond acceptors (Lipinski definition) is 4. The molecule has 0 amide bonds. The largest absolute Gasteiger partial charge is 0.352 e. The SMILES string of the molecule is CCc1nnc(NCC(C)(C)CC)nc1CC. The molecular formula is C13H24N4. The molecule has 1 rings (SSSR count). The van der Waals surface area contributed by atoms with E-state index in [0.29, 0.717) is 5.95 Å². The van der Waals surface area contributed by atoms with Gasteiger partial charge in [0.2, 0.25) is 5.95 Å². The predicted octanol–water partition coefficient (Wildman–Crippen LogP) is 2.84. The first-order chi connectivity index (χ1) is 8.02. The Kier molecular flexibility index (Phi) is 4.85. The first-order valence-corrected chi connectivity index (χ1v) is 6.48. The Morgan fingerprint density at radius 2 is 1.65 bits per heavy atom. The molecule has 0 fully saturated rings. The van der Waals surface area contributed by atoms with Crippen LogP contribution < -0.4 is 5.32 Å². The van der Waals surface area contributed by atoms with Gasteiger partial charge in [0.25, 0.3) is 0 Å². The van der Waals surface area contributed by atoms with E-state index in [0.717, 1.165) is 37.2 Å². The number of anilines is 1. The van der Waals surface area contributed by atoms with Crippen molar-refractivity contribution < 1.29 is 0 Å². The van der Waals surface area contributed by atoms with Crippen LogP contribution in [0.5, 0.6) is 0 Å². The highest BCUT2D eigenvalue weighted by Gasteiger charge is 2.15. The highest BCUT2D eigenvalue weighted by atomic mass is 15.2. The molecule has 1 heterocycles. The van der Waals surface area contributed by atoms with Crippen LogP contribution in [0.1, 0.15) is 52.4 Å². The average molecular weight is 236 g/mol. The van der Waals surface area contributed by atoms with Crippen molar-refractivity contribution >= 4 is 5.95 Å². The van der Waals surface area contributed by atoms with Gasteiger partial charge >= 0.3 is 0 Å². The Bertz CT molecular complexity index is 360. The Labute approximate surface area is 104 Å². The molecule has 0 saturated carbocycles. The van der Waals surface area contributed by atoms with Gasteiger partial charge in [-0.1, -0.05) is 34.6 Å². The summed E-state index contributed by atoms with van der Waals surface area (Å²) in [6.45, 7) is 11.7. The van der Waals surface area contributed by atoms with E-state index in [2.05, 4.69) is 55.1 Å². The lowest BCUT2D eigenvalue weighted by Gasteiger charge is -2.22. The molecule has 0 aliphatic rings. The molecule has 0 atom stereocenters. The Balaban J connectivity index is 2.73. The van der Waals surface area contributed by atoms with Crippen molar-refractivity contribution in [3.05, 3.63) is 11.4 Å². The van der Waals surface area contributed by atoms with Crippen molar-refractivity contribution in [3.8, 4) is 0 Å². The summed E-state index contributed by atoms with van der Waals surface area (Å²) >= 11 is 0. The van der Waals surface area contributed by atoms with Gasteiger partial charge in [0.15, 0.2) is 0 Å². The van der Waals surface area contributed by atoms with Crippen molar-refractivity contribution in [1.82, 2.24) is 15.2 Å². The summed E-state index contributed by atoms with van der Waals surface area (Å²) < 4.78 is 0. The summed E-state index contributed by atoms with van der Waals surface area (Å²) in [4.78, 5) is 4.51. The molecule has 0 radical (unpaired) electrons. The van der Waals surface area contributed by atoms with E-state index in [-0.39, 0.29) is 5.41 Å². The third kappa shape index (κ3) is 3.95. The smallest absolute Gasteiger partial charge is 0.242 e. The zero-order chi connectivity index (χ0) is 12.9. The Morgan fingerprint density at radius 3 is 2.18 bits per heavy atom. The minimum atomic E-state index is 0.263. The van der Waals surface area contributed by atoms with Gasteiger partial charge in [-0.25, -0.2) is 4.98 Å². The lowest BCUT2D eigenvalue weighted by atomic mass is 9.90. The first kappa shape index (κ1) is 13.9. The molecule has 4 heteroatoms. The molecular weight excluding hydrogens is 212 g/mol. The summed E-state index contributed by atoms with van der Waals surface area (Å²) in [5.74, 6) is 0.653. The topological polar surface area (TPSA) is 50.7 Å². The molecule has 17 heavy (non-hydrogen) atoms. The third-order valence-electron chi connectivity index (χ3n) is 3.19. The van der Waals surface area contributed by atoms with Gasteiger partial charge < -0.3 is 5.32 Å². The van der Waals surface area contributed by atoms with Gasteiger partial charge in [0.05, 0.1) is 11.4 Å². The zero-order valence-corrected chi connectivity index (χ0v) is 11.7. The van der Waals surface area contributed by atoms with Crippen LogP contribution in [-0.2, 0) is 12.8 Å². The standard InChI is InChI=1S/C13H24N4/c1-6-10-11(7-2)16-17-12(15-10)14-9-13(4,5)8-3/h6-9H2,1-5H3,(H,14,15,17). The molecule has 0 unspecified atom stereocenters. The van der Waals surface area contributed by atoms with E-state index in [4.69, 9.17) is 0 Å². The quantitative estimate of drug-likeness (QED) is 0.825. The molecule has 0 aliphatic carbocycles. The van der Waals surface area contributed by atoms with Gasteiger partial charge in [-0.05, 0) is 24.7 Å². The van der Waals surface area contributed by atoms with Crippen molar-refractivity contribution in [1.29, 1.82) is 0 Å². The summed E-state index contributed by atoms with van der Waals surface area (Å²) in [5.41, 5.74) is 2.33. The summed E-state index contributed by atoms with van der Waals surface area (Å²) in [6, 6.07) is 0. The highest BCUT2D eigenvalue weighted by Crippen LogP contribution is 2.19. The van der Waals surface area contributed by atoms with Gasteiger partial charge in [0, 0.05) is 6.54 Å². The summed E-state index contributed by atoms with van der Waals surface area (Å²) in [7, 11) is 0. The van der Waals surface area contributed by atoms with Crippen molar-refractivity contribution in [2.75, 3.05) is 11.9 Å². The first-order valence-electron chi connectivity index (χ1n) is 6.48. The van der Waals surface area contributed by atoms with E-state index >= 15 is 0 Å². The van der Waals surface area contributed by atoms with Crippen molar-refractivity contribution in [2.24, 2.45) is 5.41 Å². The van der Waals surface area contributed by atoms with Gasteiger partial charge in [0.1, 0.15) is 0 Å². The van der Waals surface area contributed by atoms with Crippen LogP contribution in [0.25, 0.3) is 0 Å². The van der Waals surface area contributed by atoms with Crippen molar-refractivity contribution in [2.45, 2.75) is 53.9 Å². The number of nitrogens with one attached hydrogen (secondary N) is 1. The number of nitrogens with zero attached hydrogens (tertiary/aromatic N) is 3. The fourth-order valence-electron chi connectivity index (χ4n) is 1.46. The lowest BCUT2D eigenvalue weighted by Crippen LogP contribution is -2.23. The molecule has 0 saturated heterocycles. The molecule has 0 aromatic carbocycles. The lowest BCUT2D eigenvalue weighted by molar-refractivity contribution is 0.376. The number of hydrogen-bond donors (Lipinski definition) is 1. The van der Waals surface area contributed by atoms with E-state index in [1.54, 1.807) is 0 Å². The fraction of sp³-hybridized carbons (Fsp3) is 0.769. The van der Waals surface area contributed by atoms with Crippen LogP contribution in [0, 0.1) is 5.41 Å². The maximum Gasteiger partial charge on any atom is 0.242 e. The highest BCUT2D eigenvalue weighted by molar-refractivity contribution is 5.26. The zero-order valence-electron chi connectivity index (χ0n) is 11.7. The van der Waals surface area contributed by atoms with E-state index in [1.807, 2.05) is 0 Å². The molecule has 4 nitrogen and oxygen atoms in total. The molecule has 0 bridgehead atoms. The fourth-order valence-corrected chi connectivity index (χ4v) is 1.46. The van der Waals surface area contributed by atoms with Crippen LogP contribution in [0.15, 0.2) is 0 Å². The van der Waals surface area contributed by atoms with Gasteiger partial charge in [-0.2, -0.15) is 5.10 Å². The third-order valence-corrected chi connectivity index (χ3v) is 3.19. The molecule has 1 N–H and O–H groups in total. The average Bonchev–Trinajstić information content (AvgIpc) is 2.36. The Hall–Kier alpha value is -1.19.